The second-order valence-corrected chi connectivity index (χ2v) is 8.03. The Morgan fingerprint density at radius 1 is 1.00 bits per heavy atom. The van der Waals surface area contributed by atoms with Crippen molar-refractivity contribution in [3.63, 3.8) is 0 Å². The Kier molecular flexibility index (Phi) is 5.37. The van der Waals surface area contributed by atoms with Crippen LogP contribution in [0.1, 0.15) is 29.7 Å². The van der Waals surface area contributed by atoms with E-state index in [1.54, 1.807) is 20.2 Å². The molecule has 162 valence electrons. The molecule has 4 aromatic rings. The molecule has 1 aromatic heterocycles. The summed E-state index contributed by atoms with van der Waals surface area (Å²) in [6.07, 6.45) is 2.09. The highest BCUT2D eigenvalue weighted by atomic mass is 16.5. The second-order valence-electron chi connectivity index (χ2n) is 8.03. The molecule has 1 unspecified atom stereocenters. The van der Waals surface area contributed by atoms with Crippen molar-refractivity contribution in [2.24, 2.45) is 0 Å². The number of ether oxygens (including phenoxy) is 2. The predicted octanol–water partition coefficient (Wildman–Crippen LogP) is 5.05. The molecule has 3 aromatic carbocycles. The minimum Gasteiger partial charge on any atom is -0.496 e. The highest BCUT2D eigenvalue weighted by Crippen LogP contribution is 2.36. The number of rotatable bonds is 5. The van der Waals surface area contributed by atoms with Crippen LogP contribution in [-0.4, -0.2) is 29.0 Å². The standard InChI is InChI=1S/C26H25N3O3/c1-17(30)22-13-23-24(14-26(22)31-2)28-27-15-25(23)29-11-10-18-8-9-21(12-19(18)16-29)32-20-6-4-3-5-7-20/h3-9,12-15,17,30H,10-11,16H2,1-2H3. The number of methoxy groups -OCH3 is 1. The molecule has 5 rings (SSSR count). The van der Waals surface area contributed by atoms with Crippen molar-refractivity contribution >= 4 is 16.6 Å². The summed E-state index contributed by atoms with van der Waals surface area (Å²) in [6, 6.07) is 19.9. The lowest BCUT2D eigenvalue weighted by molar-refractivity contribution is 0.194. The number of hydrogen-bond acceptors (Lipinski definition) is 6. The maximum atomic E-state index is 10.2. The first kappa shape index (κ1) is 20.3. The smallest absolute Gasteiger partial charge is 0.127 e. The van der Waals surface area contributed by atoms with Gasteiger partial charge in [0.25, 0.3) is 0 Å². The molecule has 0 radical (unpaired) electrons. The average molecular weight is 428 g/mol. The van der Waals surface area contributed by atoms with E-state index in [2.05, 4.69) is 27.2 Å². The third-order valence-corrected chi connectivity index (χ3v) is 5.93. The highest BCUT2D eigenvalue weighted by Gasteiger charge is 2.21. The van der Waals surface area contributed by atoms with E-state index < -0.39 is 6.10 Å². The Bertz CT molecular complexity index is 1260. The summed E-state index contributed by atoms with van der Waals surface area (Å²) in [7, 11) is 1.60. The summed E-state index contributed by atoms with van der Waals surface area (Å²) in [6.45, 7) is 3.37. The first-order chi connectivity index (χ1) is 15.6. The van der Waals surface area contributed by atoms with Crippen LogP contribution in [0.4, 0.5) is 5.69 Å². The van der Waals surface area contributed by atoms with Gasteiger partial charge in [-0.05, 0) is 54.8 Å². The molecule has 0 spiro atoms. The third kappa shape index (κ3) is 3.85. The number of aliphatic hydroxyl groups excluding tert-OH is 1. The van der Waals surface area contributed by atoms with E-state index in [0.29, 0.717) is 5.75 Å². The van der Waals surface area contributed by atoms with E-state index in [4.69, 9.17) is 9.47 Å². The monoisotopic (exact) mass is 427 g/mol. The number of hydrogen-bond donors (Lipinski definition) is 1. The van der Waals surface area contributed by atoms with Crippen LogP contribution in [-0.2, 0) is 13.0 Å². The molecule has 1 aliphatic rings. The van der Waals surface area contributed by atoms with E-state index in [1.165, 1.54) is 11.1 Å². The molecule has 32 heavy (non-hydrogen) atoms. The van der Waals surface area contributed by atoms with Crippen LogP contribution in [0.25, 0.3) is 10.9 Å². The largest absolute Gasteiger partial charge is 0.496 e. The van der Waals surface area contributed by atoms with E-state index in [9.17, 15) is 5.11 Å². The van der Waals surface area contributed by atoms with E-state index in [-0.39, 0.29) is 0 Å². The molecule has 0 bridgehead atoms. The van der Waals surface area contributed by atoms with Crippen LogP contribution in [0.15, 0.2) is 66.9 Å². The summed E-state index contributed by atoms with van der Waals surface area (Å²) in [5, 5.41) is 19.7. The van der Waals surface area contributed by atoms with Crippen LogP contribution in [0.3, 0.4) is 0 Å². The molecule has 0 aliphatic carbocycles. The number of para-hydroxylation sites is 1. The second kappa shape index (κ2) is 8.48. The van der Waals surface area contributed by atoms with E-state index in [0.717, 1.165) is 53.2 Å². The fourth-order valence-electron chi connectivity index (χ4n) is 4.27. The summed E-state index contributed by atoms with van der Waals surface area (Å²) in [5.74, 6) is 2.27. The Balaban J connectivity index is 1.48. The van der Waals surface area contributed by atoms with Gasteiger partial charge < -0.3 is 19.5 Å². The van der Waals surface area contributed by atoms with Crippen molar-refractivity contribution in [2.75, 3.05) is 18.6 Å². The summed E-state index contributed by atoms with van der Waals surface area (Å²) in [4.78, 5) is 2.31. The summed E-state index contributed by atoms with van der Waals surface area (Å²) < 4.78 is 11.5. The van der Waals surface area contributed by atoms with E-state index in [1.807, 2.05) is 48.5 Å². The number of anilines is 1. The Hall–Kier alpha value is -3.64. The summed E-state index contributed by atoms with van der Waals surface area (Å²) in [5.41, 5.74) is 5.05. The average Bonchev–Trinajstić information content (AvgIpc) is 2.83. The van der Waals surface area contributed by atoms with Gasteiger partial charge in [-0.25, -0.2) is 0 Å². The lowest BCUT2D eigenvalue weighted by Crippen LogP contribution is -2.30. The Morgan fingerprint density at radius 3 is 2.62 bits per heavy atom. The molecule has 1 N–H and O–H groups in total. The topological polar surface area (TPSA) is 67.7 Å². The molecular weight excluding hydrogens is 402 g/mol. The van der Waals surface area contributed by atoms with Gasteiger partial charge in [0.15, 0.2) is 0 Å². The molecular formula is C26H25N3O3. The predicted molar refractivity (Wildman–Crippen MR) is 124 cm³/mol. The zero-order valence-electron chi connectivity index (χ0n) is 18.2. The zero-order valence-corrected chi connectivity index (χ0v) is 18.2. The maximum absolute atomic E-state index is 10.2. The van der Waals surface area contributed by atoms with Gasteiger partial charge in [0.1, 0.15) is 17.2 Å². The van der Waals surface area contributed by atoms with Gasteiger partial charge in [0.05, 0.1) is 30.6 Å². The molecule has 6 heteroatoms. The molecule has 0 saturated heterocycles. The molecule has 1 aliphatic heterocycles. The van der Waals surface area contributed by atoms with Crippen molar-refractivity contribution in [3.05, 3.63) is 83.6 Å². The Morgan fingerprint density at radius 2 is 1.84 bits per heavy atom. The lowest BCUT2D eigenvalue weighted by Gasteiger charge is -2.31. The highest BCUT2D eigenvalue weighted by molar-refractivity contribution is 5.92. The van der Waals surface area contributed by atoms with Gasteiger partial charge in [-0.1, -0.05) is 24.3 Å². The van der Waals surface area contributed by atoms with Gasteiger partial charge in [-0.2, -0.15) is 10.2 Å². The number of aromatic nitrogens is 2. The van der Waals surface area contributed by atoms with Crippen molar-refractivity contribution in [1.29, 1.82) is 0 Å². The van der Waals surface area contributed by atoms with E-state index >= 15 is 0 Å². The molecule has 0 saturated carbocycles. The molecule has 0 fully saturated rings. The first-order valence-corrected chi connectivity index (χ1v) is 10.7. The van der Waals surface area contributed by atoms with Gasteiger partial charge in [-0.3, -0.25) is 0 Å². The quantitative estimate of drug-likeness (QED) is 0.481. The van der Waals surface area contributed by atoms with Crippen molar-refractivity contribution in [2.45, 2.75) is 26.0 Å². The van der Waals surface area contributed by atoms with Crippen LogP contribution in [0, 0.1) is 0 Å². The normalized spacial score (nSPS) is 14.2. The zero-order chi connectivity index (χ0) is 22.1. The van der Waals surface area contributed by atoms with Crippen LogP contribution in [0.5, 0.6) is 17.2 Å². The number of benzene rings is 3. The van der Waals surface area contributed by atoms with Gasteiger partial charge in [0.2, 0.25) is 0 Å². The van der Waals surface area contributed by atoms with Gasteiger partial charge in [-0.15, -0.1) is 0 Å². The molecule has 0 amide bonds. The van der Waals surface area contributed by atoms with Crippen LogP contribution in [0.2, 0.25) is 0 Å². The SMILES string of the molecule is COc1cc2nncc(N3CCc4ccc(Oc5ccccc5)cc4C3)c2cc1C(C)O. The first-order valence-electron chi connectivity index (χ1n) is 10.7. The number of aliphatic hydroxyl groups is 1. The molecule has 2 heterocycles. The van der Waals surface area contributed by atoms with Crippen molar-refractivity contribution in [3.8, 4) is 17.2 Å². The molecule has 6 nitrogen and oxygen atoms in total. The third-order valence-electron chi connectivity index (χ3n) is 5.93. The number of nitrogens with zero attached hydrogens (tertiary/aromatic N) is 3. The molecule has 1 atom stereocenters. The van der Waals surface area contributed by atoms with Crippen molar-refractivity contribution in [1.82, 2.24) is 10.2 Å². The van der Waals surface area contributed by atoms with Crippen molar-refractivity contribution < 1.29 is 14.6 Å². The maximum Gasteiger partial charge on any atom is 0.127 e. The van der Waals surface area contributed by atoms with Crippen LogP contribution < -0.4 is 14.4 Å². The summed E-state index contributed by atoms with van der Waals surface area (Å²) >= 11 is 0. The fourth-order valence-corrected chi connectivity index (χ4v) is 4.27. The van der Waals surface area contributed by atoms with Gasteiger partial charge in [0, 0.05) is 30.1 Å². The minimum absolute atomic E-state index is 0.616. The fraction of sp³-hybridized carbons (Fsp3) is 0.231. The van der Waals surface area contributed by atoms with Crippen LogP contribution >= 0.6 is 0 Å². The Labute approximate surface area is 187 Å². The lowest BCUT2D eigenvalue weighted by atomic mass is 9.98. The van der Waals surface area contributed by atoms with Gasteiger partial charge >= 0.3 is 0 Å². The minimum atomic E-state index is -0.643. The number of fused-ring (bicyclic) bond motifs is 2.